The number of hydrogen-bond acceptors (Lipinski definition) is 3. The topological polar surface area (TPSA) is 51.5 Å². The lowest BCUT2D eigenvalue weighted by Gasteiger charge is -2.17. The number of rotatable bonds is 25. The molecule has 0 radical (unpaired) electrons. The van der Waals surface area contributed by atoms with Gasteiger partial charge in [-0.05, 0) is 30.9 Å². The Morgan fingerprint density at radius 1 is 0.771 bits per heavy atom. The fourth-order valence-corrected chi connectivity index (χ4v) is 4.97. The van der Waals surface area contributed by atoms with Crippen LogP contribution in [0.3, 0.4) is 0 Å². The van der Waals surface area contributed by atoms with Crippen LogP contribution in [0, 0.1) is 5.92 Å². The van der Waals surface area contributed by atoms with E-state index in [1.807, 2.05) is 12.3 Å². The number of esters is 1. The van der Waals surface area contributed by atoms with Crippen molar-refractivity contribution in [1.29, 1.82) is 0 Å². The van der Waals surface area contributed by atoms with Crippen LogP contribution >= 0.6 is 0 Å². The van der Waals surface area contributed by atoms with Crippen LogP contribution in [0.25, 0.3) is 0 Å². The van der Waals surface area contributed by atoms with Crippen LogP contribution in [0.4, 0.5) is 0 Å². The summed E-state index contributed by atoms with van der Waals surface area (Å²) in [6.07, 6.45) is 28.4. The summed E-state index contributed by atoms with van der Waals surface area (Å²) in [5, 5.41) is 9.21. The van der Waals surface area contributed by atoms with Gasteiger partial charge >= 0.3 is 5.97 Å². The molecule has 0 aliphatic carbocycles. The Kier molecular flexibility index (Phi) is 21.0. The highest BCUT2D eigenvalue weighted by Gasteiger charge is 2.16. The zero-order chi connectivity index (χ0) is 25.4. The lowest BCUT2D eigenvalue weighted by Crippen LogP contribution is -2.18. The molecular formula is C31H57NO3. The van der Waals surface area contributed by atoms with Crippen LogP contribution in [0.5, 0.6) is 0 Å². The quantitative estimate of drug-likeness (QED) is 0.110. The first-order valence-electron chi connectivity index (χ1n) is 15.2. The summed E-state index contributed by atoms with van der Waals surface area (Å²) in [6, 6.07) is 3.63. The third-order valence-electron chi connectivity index (χ3n) is 7.26. The standard InChI is InChI=1S/C31H57NO3/c1-3-5-7-9-11-13-14-16-18-20-23-29(22-19-17-15-12-10-8-6-4-2)28-35-31(34)30-24-21-25-32(30)26-27-33/h21,24-25,29,33H,3-20,22-23,26-28H2,1-2H3. The maximum Gasteiger partial charge on any atom is 0.354 e. The third kappa shape index (κ3) is 16.9. The van der Waals surface area contributed by atoms with Crippen molar-refractivity contribution < 1.29 is 14.6 Å². The van der Waals surface area contributed by atoms with Crippen molar-refractivity contribution >= 4 is 5.97 Å². The molecule has 1 N–H and O–H groups in total. The first kappa shape index (κ1) is 31.7. The number of aliphatic hydroxyl groups excluding tert-OH is 1. The maximum atomic E-state index is 12.6. The highest BCUT2D eigenvalue weighted by Crippen LogP contribution is 2.21. The minimum absolute atomic E-state index is 0.0226. The van der Waals surface area contributed by atoms with Crippen LogP contribution < -0.4 is 0 Å². The van der Waals surface area contributed by atoms with Gasteiger partial charge in [-0.2, -0.15) is 0 Å². The lowest BCUT2D eigenvalue weighted by atomic mass is 9.94. The Morgan fingerprint density at radius 3 is 1.69 bits per heavy atom. The van der Waals surface area contributed by atoms with Crippen molar-refractivity contribution in [2.24, 2.45) is 5.92 Å². The van der Waals surface area contributed by atoms with Gasteiger partial charge in [-0.15, -0.1) is 0 Å². The predicted octanol–water partition coefficient (Wildman–Crippen LogP) is 9.10. The lowest BCUT2D eigenvalue weighted by molar-refractivity contribution is 0.0408. The molecule has 35 heavy (non-hydrogen) atoms. The number of unbranched alkanes of at least 4 members (excludes halogenated alkanes) is 16. The summed E-state index contributed by atoms with van der Waals surface area (Å²) in [5.74, 6) is 0.210. The van der Waals surface area contributed by atoms with Crippen molar-refractivity contribution in [3.8, 4) is 0 Å². The van der Waals surface area contributed by atoms with Crippen molar-refractivity contribution in [2.75, 3.05) is 13.2 Å². The highest BCUT2D eigenvalue weighted by molar-refractivity contribution is 5.87. The van der Waals surface area contributed by atoms with Crippen molar-refractivity contribution in [2.45, 2.75) is 149 Å². The van der Waals surface area contributed by atoms with Crippen molar-refractivity contribution in [3.63, 3.8) is 0 Å². The van der Waals surface area contributed by atoms with Crippen LogP contribution in [0.15, 0.2) is 18.3 Å². The summed E-state index contributed by atoms with van der Waals surface area (Å²) < 4.78 is 7.53. The molecule has 4 nitrogen and oxygen atoms in total. The monoisotopic (exact) mass is 491 g/mol. The Morgan fingerprint density at radius 2 is 1.23 bits per heavy atom. The average Bonchev–Trinajstić information content (AvgIpc) is 3.33. The molecule has 0 aromatic carbocycles. The van der Waals surface area contributed by atoms with E-state index in [2.05, 4.69) is 13.8 Å². The molecule has 204 valence electrons. The summed E-state index contributed by atoms with van der Waals surface area (Å²) >= 11 is 0. The van der Waals surface area contributed by atoms with Gasteiger partial charge < -0.3 is 14.4 Å². The fourth-order valence-electron chi connectivity index (χ4n) is 4.97. The second-order valence-corrected chi connectivity index (χ2v) is 10.5. The van der Waals surface area contributed by atoms with Gasteiger partial charge in [0.2, 0.25) is 0 Å². The molecule has 1 aromatic heterocycles. The van der Waals surface area contributed by atoms with E-state index in [0.717, 1.165) is 12.8 Å². The first-order chi connectivity index (χ1) is 17.2. The maximum absolute atomic E-state index is 12.6. The Balaban J connectivity index is 2.31. The zero-order valence-corrected chi connectivity index (χ0v) is 23.3. The summed E-state index contributed by atoms with van der Waals surface area (Å²) in [6.45, 7) is 5.52. The van der Waals surface area contributed by atoms with E-state index < -0.39 is 0 Å². The second-order valence-electron chi connectivity index (χ2n) is 10.5. The van der Waals surface area contributed by atoms with Gasteiger partial charge in [0, 0.05) is 12.7 Å². The van der Waals surface area contributed by atoms with Gasteiger partial charge in [0.25, 0.3) is 0 Å². The van der Waals surface area contributed by atoms with E-state index in [1.54, 1.807) is 10.6 Å². The average molecular weight is 492 g/mol. The zero-order valence-electron chi connectivity index (χ0n) is 23.3. The van der Waals surface area contributed by atoms with Crippen LogP contribution in [0.1, 0.15) is 153 Å². The Bertz CT molecular complexity index is 598. The third-order valence-corrected chi connectivity index (χ3v) is 7.26. The van der Waals surface area contributed by atoms with Gasteiger partial charge in [-0.25, -0.2) is 4.79 Å². The van der Waals surface area contributed by atoms with Gasteiger partial charge in [0.05, 0.1) is 13.2 Å². The molecule has 0 spiro atoms. The predicted molar refractivity (Wildman–Crippen MR) is 149 cm³/mol. The molecule has 1 heterocycles. The van der Waals surface area contributed by atoms with Crippen molar-refractivity contribution in [1.82, 2.24) is 4.57 Å². The number of nitrogens with zero attached hydrogens (tertiary/aromatic N) is 1. The highest BCUT2D eigenvalue weighted by atomic mass is 16.5. The molecular weight excluding hydrogens is 434 g/mol. The van der Waals surface area contributed by atoms with E-state index >= 15 is 0 Å². The molecule has 0 fully saturated rings. The van der Waals surface area contributed by atoms with Gasteiger partial charge in [0.15, 0.2) is 0 Å². The molecule has 1 aromatic rings. The van der Waals surface area contributed by atoms with Crippen LogP contribution in [-0.4, -0.2) is 28.9 Å². The molecule has 0 amide bonds. The Labute approximate surface area is 217 Å². The van der Waals surface area contributed by atoms with Gasteiger partial charge in [-0.1, -0.05) is 129 Å². The molecule has 1 unspecified atom stereocenters. The van der Waals surface area contributed by atoms with Crippen molar-refractivity contribution in [3.05, 3.63) is 24.0 Å². The molecule has 1 rings (SSSR count). The second kappa shape index (κ2) is 23.1. The SMILES string of the molecule is CCCCCCCCCCCCC(CCCCCCCCCC)COC(=O)c1cccn1CCO. The minimum Gasteiger partial charge on any atom is -0.461 e. The largest absolute Gasteiger partial charge is 0.461 e. The van der Waals surface area contributed by atoms with E-state index in [0.29, 0.717) is 24.8 Å². The molecule has 0 bridgehead atoms. The first-order valence-corrected chi connectivity index (χ1v) is 15.2. The summed E-state index contributed by atoms with van der Waals surface area (Å²) in [4.78, 5) is 12.6. The van der Waals surface area contributed by atoms with Crippen LogP contribution in [-0.2, 0) is 11.3 Å². The number of ether oxygens (including phenoxy) is 1. The minimum atomic E-state index is -0.257. The molecule has 0 aliphatic rings. The molecule has 4 heteroatoms. The molecule has 0 saturated heterocycles. The number of carbonyl (C=O) groups is 1. The van der Waals surface area contributed by atoms with Gasteiger partial charge in [-0.3, -0.25) is 0 Å². The van der Waals surface area contributed by atoms with Crippen LogP contribution in [0.2, 0.25) is 0 Å². The smallest absolute Gasteiger partial charge is 0.354 e. The molecule has 0 saturated carbocycles. The van der Waals surface area contributed by atoms with E-state index in [4.69, 9.17) is 4.74 Å². The summed E-state index contributed by atoms with van der Waals surface area (Å²) in [5.41, 5.74) is 0.545. The number of aliphatic hydroxyl groups is 1. The van der Waals surface area contributed by atoms with Gasteiger partial charge in [0.1, 0.15) is 5.69 Å². The number of aromatic nitrogens is 1. The molecule has 1 atom stereocenters. The van der Waals surface area contributed by atoms with E-state index in [9.17, 15) is 9.90 Å². The number of hydrogen-bond donors (Lipinski definition) is 1. The Hall–Kier alpha value is -1.29. The van der Waals surface area contributed by atoms with E-state index in [-0.39, 0.29) is 12.6 Å². The van der Waals surface area contributed by atoms with E-state index in [1.165, 1.54) is 116 Å². The summed E-state index contributed by atoms with van der Waals surface area (Å²) in [7, 11) is 0. The normalized spacial score (nSPS) is 12.2. The number of carbonyl (C=O) groups excluding carboxylic acids is 1. The molecule has 0 aliphatic heterocycles. The fraction of sp³-hybridized carbons (Fsp3) is 0.839.